The highest BCUT2D eigenvalue weighted by Crippen LogP contribution is 2.21. The van der Waals surface area contributed by atoms with E-state index in [0.717, 1.165) is 25.2 Å². The predicted octanol–water partition coefficient (Wildman–Crippen LogP) is 4.70. The number of piperidine rings is 1. The Morgan fingerprint density at radius 2 is 1.83 bits per heavy atom. The van der Waals surface area contributed by atoms with Crippen LogP contribution in [0.5, 0.6) is 0 Å². The highest BCUT2D eigenvalue weighted by Gasteiger charge is 2.17. The molecule has 0 radical (unpaired) electrons. The Kier molecular flexibility index (Phi) is 5.09. The van der Waals surface area contributed by atoms with Gasteiger partial charge in [0.15, 0.2) is 5.78 Å². The standard InChI is InChI=1S/C19H19ClFNO/c20-16-10-15(11-17(21)12-16)19(23)18-7-3-2-6-14(18)13-22-8-4-1-5-9-22/h2-3,6-7,10-12H,1,4-5,8-9,13H2. The van der Waals surface area contributed by atoms with E-state index in [0.29, 0.717) is 11.1 Å². The van der Waals surface area contributed by atoms with E-state index in [-0.39, 0.29) is 10.8 Å². The third-order valence-electron chi connectivity index (χ3n) is 4.23. The second kappa shape index (κ2) is 7.24. The van der Waals surface area contributed by atoms with Gasteiger partial charge in [0, 0.05) is 22.7 Å². The van der Waals surface area contributed by atoms with Gasteiger partial charge in [-0.05, 0) is 49.7 Å². The molecule has 0 bridgehead atoms. The SMILES string of the molecule is O=C(c1cc(F)cc(Cl)c1)c1ccccc1CN1CCCCC1. The van der Waals surface area contributed by atoms with Crippen LogP contribution in [0.2, 0.25) is 5.02 Å². The van der Waals surface area contributed by atoms with Crippen molar-refractivity contribution in [1.82, 2.24) is 4.90 Å². The molecule has 1 heterocycles. The van der Waals surface area contributed by atoms with Gasteiger partial charge in [-0.25, -0.2) is 4.39 Å². The molecule has 0 unspecified atom stereocenters. The van der Waals surface area contributed by atoms with Crippen LogP contribution in [-0.4, -0.2) is 23.8 Å². The van der Waals surface area contributed by atoms with Crippen molar-refractivity contribution in [3.63, 3.8) is 0 Å². The average Bonchev–Trinajstić information content (AvgIpc) is 2.55. The Bertz CT molecular complexity index is 690. The summed E-state index contributed by atoms with van der Waals surface area (Å²) in [5.74, 6) is -0.673. The minimum Gasteiger partial charge on any atom is -0.299 e. The minimum absolute atomic E-state index is 0.181. The van der Waals surface area contributed by atoms with E-state index >= 15 is 0 Å². The van der Waals surface area contributed by atoms with Gasteiger partial charge in [0.1, 0.15) is 5.82 Å². The van der Waals surface area contributed by atoms with Crippen LogP contribution >= 0.6 is 11.6 Å². The van der Waals surface area contributed by atoms with Crippen LogP contribution in [0.3, 0.4) is 0 Å². The summed E-state index contributed by atoms with van der Waals surface area (Å²) in [5, 5.41) is 0.238. The monoisotopic (exact) mass is 331 g/mol. The molecule has 4 heteroatoms. The number of hydrogen-bond acceptors (Lipinski definition) is 2. The van der Waals surface area contributed by atoms with Gasteiger partial charge in [-0.2, -0.15) is 0 Å². The maximum atomic E-state index is 13.5. The van der Waals surface area contributed by atoms with E-state index < -0.39 is 5.82 Å². The van der Waals surface area contributed by atoms with Crippen LogP contribution in [-0.2, 0) is 6.54 Å². The lowest BCUT2D eigenvalue weighted by molar-refractivity contribution is 0.103. The molecule has 1 fully saturated rings. The second-order valence-corrected chi connectivity index (χ2v) is 6.42. The zero-order valence-electron chi connectivity index (χ0n) is 12.9. The lowest BCUT2D eigenvalue weighted by Crippen LogP contribution is -2.29. The smallest absolute Gasteiger partial charge is 0.193 e. The maximum absolute atomic E-state index is 13.5. The van der Waals surface area contributed by atoms with Crippen molar-refractivity contribution >= 4 is 17.4 Å². The summed E-state index contributed by atoms with van der Waals surface area (Å²) >= 11 is 5.88. The first-order valence-corrected chi connectivity index (χ1v) is 8.32. The van der Waals surface area contributed by atoms with Crippen molar-refractivity contribution in [1.29, 1.82) is 0 Å². The van der Waals surface area contributed by atoms with Crippen molar-refractivity contribution in [2.45, 2.75) is 25.8 Å². The summed E-state index contributed by atoms with van der Waals surface area (Å²) in [6, 6.07) is 11.5. The molecular weight excluding hydrogens is 313 g/mol. The van der Waals surface area contributed by atoms with Crippen molar-refractivity contribution in [2.75, 3.05) is 13.1 Å². The number of halogens is 2. The van der Waals surface area contributed by atoms with E-state index in [1.54, 1.807) is 6.07 Å². The molecule has 0 N–H and O–H groups in total. The van der Waals surface area contributed by atoms with E-state index in [1.165, 1.54) is 37.5 Å². The van der Waals surface area contributed by atoms with Gasteiger partial charge in [-0.3, -0.25) is 9.69 Å². The highest BCUT2D eigenvalue weighted by molar-refractivity contribution is 6.31. The van der Waals surface area contributed by atoms with Crippen molar-refractivity contribution in [3.8, 4) is 0 Å². The zero-order chi connectivity index (χ0) is 16.2. The Balaban J connectivity index is 1.88. The fourth-order valence-electron chi connectivity index (χ4n) is 3.08. The number of likely N-dealkylation sites (tertiary alicyclic amines) is 1. The number of ketones is 1. The summed E-state index contributed by atoms with van der Waals surface area (Å²) in [7, 11) is 0. The summed E-state index contributed by atoms with van der Waals surface area (Å²) in [6.45, 7) is 2.88. The van der Waals surface area contributed by atoms with E-state index in [9.17, 15) is 9.18 Å². The molecular formula is C19H19ClFNO. The molecule has 0 aromatic heterocycles. The molecule has 0 aliphatic carbocycles. The molecule has 0 amide bonds. The highest BCUT2D eigenvalue weighted by atomic mass is 35.5. The van der Waals surface area contributed by atoms with Crippen LogP contribution in [0.4, 0.5) is 4.39 Å². The second-order valence-electron chi connectivity index (χ2n) is 5.98. The van der Waals surface area contributed by atoms with Gasteiger partial charge in [-0.15, -0.1) is 0 Å². The number of carbonyl (C=O) groups is 1. The van der Waals surface area contributed by atoms with Crippen molar-refractivity contribution in [2.24, 2.45) is 0 Å². The largest absolute Gasteiger partial charge is 0.299 e. The quantitative estimate of drug-likeness (QED) is 0.757. The number of carbonyl (C=O) groups excluding carboxylic acids is 1. The third-order valence-corrected chi connectivity index (χ3v) is 4.45. The van der Waals surface area contributed by atoms with Crippen molar-refractivity contribution in [3.05, 3.63) is 70.0 Å². The number of benzene rings is 2. The van der Waals surface area contributed by atoms with Gasteiger partial charge in [0.05, 0.1) is 0 Å². The van der Waals surface area contributed by atoms with Gasteiger partial charge in [-0.1, -0.05) is 42.3 Å². The molecule has 2 aromatic rings. The normalized spacial score (nSPS) is 15.6. The first-order valence-electron chi connectivity index (χ1n) is 7.94. The van der Waals surface area contributed by atoms with Gasteiger partial charge in [0.25, 0.3) is 0 Å². The fraction of sp³-hybridized carbons (Fsp3) is 0.316. The lowest BCUT2D eigenvalue weighted by Gasteiger charge is -2.27. The number of nitrogens with zero attached hydrogens (tertiary/aromatic N) is 1. The molecule has 0 spiro atoms. The van der Waals surface area contributed by atoms with E-state index in [4.69, 9.17) is 11.6 Å². The molecule has 1 aliphatic rings. The summed E-state index contributed by atoms with van der Waals surface area (Å²) < 4.78 is 13.5. The molecule has 0 saturated carbocycles. The Morgan fingerprint density at radius 1 is 1.09 bits per heavy atom. The molecule has 2 nitrogen and oxygen atoms in total. The Hall–Kier alpha value is -1.71. The summed E-state index contributed by atoms with van der Waals surface area (Å²) in [4.78, 5) is 15.1. The number of rotatable bonds is 4. The topological polar surface area (TPSA) is 20.3 Å². The molecule has 2 aromatic carbocycles. The van der Waals surface area contributed by atoms with Crippen molar-refractivity contribution < 1.29 is 9.18 Å². The molecule has 23 heavy (non-hydrogen) atoms. The van der Waals surface area contributed by atoms with Crippen LogP contribution in [0.15, 0.2) is 42.5 Å². The van der Waals surface area contributed by atoms with Gasteiger partial charge < -0.3 is 0 Å². The first-order chi connectivity index (χ1) is 11.1. The van der Waals surface area contributed by atoms with Crippen LogP contribution in [0, 0.1) is 5.82 Å². The van der Waals surface area contributed by atoms with Crippen LogP contribution in [0.25, 0.3) is 0 Å². The maximum Gasteiger partial charge on any atom is 0.193 e. The van der Waals surface area contributed by atoms with Crippen LogP contribution < -0.4 is 0 Å². The lowest BCUT2D eigenvalue weighted by atomic mass is 9.97. The molecule has 0 atom stereocenters. The van der Waals surface area contributed by atoms with Gasteiger partial charge >= 0.3 is 0 Å². The number of hydrogen-bond donors (Lipinski definition) is 0. The third kappa shape index (κ3) is 3.98. The van der Waals surface area contributed by atoms with Gasteiger partial charge in [0.2, 0.25) is 0 Å². The summed E-state index contributed by atoms with van der Waals surface area (Å²) in [5.41, 5.74) is 1.90. The minimum atomic E-state index is -0.491. The van der Waals surface area contributed by atoms with E-state index in [2.05, 4.69) is 4.90 Å². The molecule has 1 aliphatic heterocycles. The van der Waals surface area contributed by atoms with Crippen LogP contribution in [0.1, 0.15) is 40.7 Å². The average molecular weight is 332 g/mol. The predicted molar refractivity (Wildman–Crippen MR) is 90.4 cm³/mol. The summed E-state index contributed by atoms with van der Waals surface area (Å²) in [6.07, 6.45) is 3.68. The molecule has 3 rings (SSSR count). The fourth-order valence-corrected chi connectivity index (χ4v) is 3.30. The Labute approximate surface area is 140 Å². The van der Waals surface area contributed by atoms with E-state index in [1.807, 2.05) is 18.2 Å². The Morgan fingerprint density at radius 3 is 2.57 bits per heavy atom. The molecule has 120 valence electrons. The first kappa shape index (κ1) is 16.2. The zero-order valence-corrected chi connectivity index (χ0v) is 13.7. The molecule has 1 saturated heterocycles.